The van der Waals surface area contributed by atoms with E-state index in [2.05, 4.69) is 22.3 Å². The number of hydrogen-bond donors (Lipinski definition) is 0. The van der Waals surface area contributed by atoms with Gasteiger partial charge in [0.05, 0.1) is 10.8 Å². The number of aryl methyl sites for hydroxylation is 2. The van der Waals surface area contributed by atoms with Crippen molar-refractivity contribution >= 4 is 29.1 Å². The standard InChI is InChI=1S/C22H22ClN3O2S/c1-26-21(13-28-20-9-5-4-8-18(20)23)24-25-22(26)29-14-19(27)17-11-10-15-6-2-3-7-16(15)12-17/h4-5,8-12H,2-3,6-7,13-14H2,1H3. The summed E-state index contributed by atoms with van der Waals surface area (Å²) in [6, 6.07) is 13.4. The van der Waals surface area contributed by atoms with Crippen LogP contribution in [-0.2, 0) is 26.5 Å². The van der Waals surface area contributed by atoms with Crippen LogP contribution in [0.25, 0.3) is 0 Å². The summed E-state index contributed by atoms with van der Waals surface area (Å²) < 4.78 is 7.58. The monoisotopic (exact) mass is 427 g/mol. The van der Waals surface area contributed by atoms with Crippen molar-refractivity contribution in [3.05, 3.63) is 70.0 Å². The SMILES string of the molecule is Cn1c(COc2ccccc2Cl)nnc1SCC(=O)c1ccc2c(c1)CCCC2. The molecule has 150 valence electrons. The van der Waals surface area contributed by atoms with Gasteiger partial charge in [0, 0.05) is 12.6 Å². The number of fused-ring (bicyclic) bond motifs is 1. The molecule has 0 saturated heterocycles. The highest BCUT2D eigenvalue weighted by Gasteiger charge is 2.16. The highest BCUT2D eigenvalue weighted by molar-refractivity contribution is 7.99. The molecule has 1 aliphatic carbocycles. The van der Waals surface area contributed by atoms with E-state index in [9.17, 15) is 4.79 Å². The number of hydrogen-bond acceptors (Lipinski definition) is 5. The second kappa shape index (κ2) is 9.01. The molecule has 4 rings (SSSR count). The van der Waals surface area contributed by atoms with Gasteiger partial charge in [-0.3, -0.25) is 4.79 Å². The van der Waals surface area contributed by atoms with Gasteiger partial charge in [-0.1, -0.05) is 47.6 Å². The van der Waals surface area contributed by atoms with E-state index in [0.717, 1.165) is 18.4 Å². The predicted octanol–water partition coefficient (Wildman–Crippen LogP) is 4.90. The van der Waals surface area contributed by atoms with Gasteiger partial charge in [-0.15, -0.1) is 10.2 Å². The largest absolute Gasteiger partial charge is 0.484 e. The van der Waals surface area contributed by atoms with Crippen molar-refractivity contribution in [3.63, 3.8) is 0 Å². The number of aromatic nitrogens is 3. The number of Topliss-reactive ketones (excluding diaryl/α,β-unsaturated/α-hetero) is 1. The minimum absolute atomic E-state index is 0.111. The van der Waals surface area contributed by atoms with Crippen LogP contribution in [0.4, 0.5) is 0 Å². The number of nitrogens with zero attached hydrogens (tertiary/aromatic N) is 3. The Labute approximate surface area is 179 Å². The highest BCUT2D eigenvalue weighted by atomic mass is 35.5. The van der Waals surface area contributed by atoms with Gasteiger partial charge in [0.25, 0.3) is 0 Å². The minimum atomic E-state index is 0.111. The van der Waals surface area contributed by atoms with Crippen LogP contribution in [0.5, 0.6) is 5.75 Å². The van der Waals surface area contributed by atoms with Crippen LogP contribution in [0.1, 0.15) is 40.2 Å². The van der Waals surface area contributed by atoms with Crippen LogP contribution in [-0.4, -0.2) is 26.3 Å². The quantitative estimate of drug-likeness (QED) is 0.396. The number of carbonyl (C=O) groups excluding carboxylic acids is 1. The third-order valence-corrected chi connectivity index (χ3v) is 6.45. The summed E-state index contributed by atoms with van der Waals surface area (Å²) in [7, 11) is 1.87. The van der Waals surface area contributed by atoms with Gasteiger partial charge >= 0.3 is 0 Å². The van der Waals surface area contributed by atoms with Crippen LogP contribution < -0.4 is 4.74 Å². The first-order valence-corrected chi connectivity index (χ1v) is 11.0. The Morgan fingerprint density at radius 2 is 1.93 bits per heavy atom. The Morgan fingerprint density at radius 3 is 2.76 bits per heavy atom. The maximum absolute atomic E-state index is 12.7. The van der Waals surface area contributed by atoms with Gasteiger partial charge in [-0.05, 0) is 55.0 Å². The zero-order valence-corrected chi connectivity index (χ0v) is 17.8. The molecule has 1 heterocycles. The zero-order chi connectivity index (χ0) is 20.2. The molecule has 1 aromatic heterocycles. The number of ether oxygens (including phenoxy) is 1. The van der Waals surface area contributed by atoms with Gasteiger partial charge in [0.15, 0.2) is 16.8 Å². The lowest BCUT2D eigenvalue weighted by atomic mass is 9.90. The first-order chi connectivity index (χ1) is 14.1. The molecule has 0 fully saturated rings. The van der Waals surface area contributed by atoms with Crippen molar-refractivity contribution in [2.24, 2.45) is 7.05 Å². The molecular formula is C22H22ClN3O2S. The number of ketones is 1. The number of halogens is 1. The number of rotatable bonds is 7. The van der Waals surface area contributed by atoms with E-state index in [1.807, 2.05) is 35.9 Å². The summed E-state index contributed by atoms with van der Waals surface area (Å²) >= 11 is 7.50. The molecule has 0 spiro atoms. The molecule has 0 radical (unpaired) electrons. The van der Waals surface area contributed by atoms with E-state index in [4.69, 9.17) is 16.3 Å². The van der Waals surface area contributed by atoms with Crippen molar-refractivity contribution < 1.29 is 9.53 Å². The van der Waals surface area contributed by atoms with E-state index in [1.54, 1.807) is 6.07 Å². The summed E-state index contributed by atoms with van der Waals surface area (Å²) in [5, 5.41) is 9.62. The zero-order valence-electron chi connectivity index (χ0n) is 16.2. The van der Waals surface area contributed by atoms with E-state index in [0.29, 0.717) is 27.5 Å². The van der Waals surface area contributed by atoms with E-state index < -0.39 is 0 Å². The Kier molecular flexibility index (Phi) is 6.21. The maximum atomic E-state index is 12.7. The molecule has 0 aliphatic heterocycles. The molecule has 0 N–H and O–H groups in total. The predicted molar refractivity (Wildman–Crippen MR) is 115 cm³/mol. The minimum Gasteiger partial charge on any atom is -0.484 e. The fourth-order valence-corrected chi connectivity index (χ4v) is 4.44. The first-order valence-electron chi connectivity index (χ1n) is 9.65. The number of benzene rings is 2. The molecule has 7 heteroatoms. The Bertz CT molecular complexity index is 1030. The fourth-order valence-electron chi connectivity index (χ4n) is 3.42. The van der Waals surface area contributed by atoms with Crippen LogP contribution in [0, 0.1) is 0 Å². The third-order valence-electron chi connectivity index (χ3n) is 5.12. The lowest BCUT2D eigenvalue weighted by Crippen LogP contribution is -2.08. The lowest BCUT2D eigenvalue weighted by molar-refractivity contribution is 0.102. The smallest absolute Gasteiger partial charge is 0.191 e. The number of para-hydroxylation sites is 1. The van der Waals surface area contributed by atoms with E-state index in [1.165, 1.54) is 35.7 Å². The fraction of sp³-hybridized carbons (Fsp3) is 0.318. The third kappa shape index (κ3) is 4.65. The molecule has 2 aromatic carbocycles. The van der Waals surface area contributed by atoms with Gasteiger partial charge in [0.2, 0.25) is 0 Å². The first kappa shape index (κ1) is 20.0. The molecular weight excluding hydrogens is 406 g/mol. The molecule has 3 aromatic rings. The Hall–Kier alpha value is -2.31. The van der Waals surface area contributed by atoms with E-state index in [-0.39, 0.29) is 12.4 Å². The molecule has 5 nitrogen and oxygen atoms in total. The molecule has 0 atom stereocenters. The van der Waals surface area contributed by atoms with Crippen molar-refractivity contribution in [2.75, 3.05) is 5.75 Å². The van der Waals surface area contributed by atoms with Crippen LogP contribution in [0.15, 0.2) is 47.6 Å². The summed E-state index contributed by atoms with van der Waals surface area (Å²) in [4.78, 5) is 12.7. The maximum Gasteiger partial charge on any atom is 0.191 e. The molecule has 0 unspecified atom stereocenters. The van der Waals surface area contributed by atoms with Crippen LogP contribution >= 0.6 is 23.4 Å². The summed E-state index contributed by atoms with van der Waals surface area (Å²) in [6.45, 7) is 0.257. The highest BCUT2D eigenvalue weighted by Crippen LogP contribution is 2.25. The normalized spacial score (nSPS) is 13.2. The topological polar surface area (TPSA) is 57.0 Å². The summed E-state index contributed by atoms with van der Waals surface area (Å²) in [5.41, 5.74) is 3.49. The van der Waals surface area contributed by atoms with Crippen LogP contribution in [0.3, 0.4) is 0 Å². The van der Waals surface area contributed by atoms with Crippen LogP contribution in [0.2, 0.25) is 5.02 Å². The second-order valence-corrected chi connectivity index (χ2v) is 8.43. The van der Waals surface area contributed by atoms with Gasteiger partial charge < -0.3 is 9.30 Å². The van der Waals surface area contributed by atoms with Crippen molar-refractivity contribution in [1.82, 2.24) is 14.8 Å². The van der Waals surface area contributed by atoms with Crippen molar-refractivity contribution in [2.45, 2.75) is 37.4 Å². The molecule has 0 amide bonds. The van der Waals surface area contributed by atoms with Gasteiger partial charge in [0.1, 0.15) is 12.4 Å². The van der Waals surface area contributed by atoms with Crippen molar-refractivity contribution in [3.8, 4) is 5.75 Å². The second-order valence-electron chi connectivity index (χ2n) is 7.08. The summed E-state index contributed by atoms with van der Waals surface area (Å²) in [5.74, 6) is 1.72. The van der Waals surface area contributed by atoms with Gasteiger partial charge in [-0.2, -0.15) is 0 Å². The molecule has 0 bridgehead atoms. The molecule has 29 heavy (non-hydrogen) atoms. The Balaban J connectivity index is 1.36. The van der Waals surface area contributed by atoms with E-state index >= 15 is 0 Å². The summed E-state index contributed by atoms with van der Waals surface area (Å²) in [6.07, 6.45) is 4.64. The lowest BCUT2D eigenvalue weighted by Gasteiger charge is -2.16. The van der Waals surface area contributed by atoms with Crippen molar-refractivity contribution in [1.29, 1.82) is 0 Å². The number of thioether (sulfide) groups is 1. The van der Waals surface area contributed by atoms with Gasteiger partial charge in [-0.25, -0.2) is 0 Å². The number of carbonyl (C=O) groups is 1. The molecule has 0 saturated carbocycles. The Morgan fingerprint density at radius 1 is 1.14 bits per heavy atom. The molecule has 1 aliphatic rings. The average molecular weight is 428 g/mol. The average Bonchev–Trinajstić information content (AvgIpc) is 3.10.